The highest BCUT2D eigenvalue weighted by Crippen LogP contribution is 2.25. The Morgan fingerprint density at radius 3 is 2.33 bits per heavy atom. The Bertz CT molecular complexity index is 255. The van der Waals surface area contributed by atoms with Crippen LogP contribution in [0, 0.1) is 0 Å². The van der Waals surface area contributed by atoms with Crippen LogP contribution < -0.4 is 0 Å². The van der Waals surface area contributed by atoms with Crippen LogP contribution in [0.5, 0.6) is 0 Å². The van der Waals surface area contributed by atoms with Gasteiger partial charge in [0.15, 0.2) is 0 Å². The monoisotopic (exact) mass is 206 g/mol. The zero-order valence-corrected chi connectivity index (χ0v) is 9.82. The van der Waals surface area contributed by atoms with Gasteiger partial charge in [-0.1, -0.05) is 57.0 Å². The van der Waals surface area contributed by atoms with Gasteiger partial charge in [0.25, 0.3) is 0 Å². The largest absolute Gasteiger partial charge is 0.392 e. The lowest BCUT2D eigenvalue weighted by atomic mass is 9.88. The molecular weight excluding hydrogens is 184 g/mol. The second-order valence-electron chi connectivity index (χ2n) is 4.14. The minimum Gasteiger partial charge on any atom is -0.392 e. The van der Waals surface area contributed by atoms with Gasteiger partial charge in [0, 0.05) is 5.92 Å². The lowest BCUT2D eigenvalue weighted by Gasteiger charge is -2.21. The van der Waals surface area contributed by atoms with Crippen molar-refractivity contribution in [3.8, 4) is 0 Å². The standard InChI is InChI=1S/C14H22O/c1-3-5-11-14(15)13(4-2)12-9-7-6-8-10-12/h6-10,13-15H,3-5,11H2,1-2H3. The minimum absolute atomic E-state index is 0.183. The molecule has 0 saturated carbocycles. The van der Waals surface area contributed by atoms with Crippen molar-refractivity contribution in [3.63, 3.8) is 0 Å². The van der Waals surface area contributed by atoms with Crippen molar-refractivity contribution in [1.29, 1.82) is 0 Å². The van der Waals surface area contributed by atoms with E-state index in [1.165, 1.54) is 5.56 Å². The van der Waals surface area contributed by atoms with Crippen LogP contribution in [0.4, 0.5) is 0 Å². The van der Waals surface area contributed by atoms with Crippen LogP contribution in [-0.2, 0) is 0 Å². The first-order chi connectivity index (χ1) is 7.29. The van der Waals surface area contributed by atoms with Gasteiger partial charge in [0.2, 0.25) is 0 Å². The summed E-state index contributed by atoms with van der Waals surface area (Å²) in [6.45, 7) is 4.31. The number of aliphatic hydroxyl groups excluding tert-OH is 1. The van der Waals surface area contributed by atoms with Crippen LogP contribution in [0.25, 0.3) is 0 Å². The smallest absolute Gasteiger partial charge is 0.0608 e. The molecule has 1 N–H and O–H groups in total. The Morgan fingerprint density at radius 1 is 1.13 bits per heavy atom. The molecule has 0 saturated heterocycles. The fraction of sp³-hybridized carbons (Fsp3) is 0.571. The summed E-state index contributed by atoms with van der Waals surface area (Å²) in [7, 11) is 0. The van der Waals surface area contributed by atoms with E-state index in [9.17, 15) is 5.11 Å². The van der Waals surface area contributed by atoms with Crippen molar-refractivity contribution in [2.24, 2.45) is 0 Å². The SMILES string of the molecule is CCCCC(O)C(CC)c1ccccc1. The molecule has 2 atom stereocenters. The van der Waals surface area contributed by atoms with Crippen LogP contribution in [0.3, 0.4) is 0 Å². The first-order valence-electron chi connectivity index (χ1n) is 6.02. The van der Waals surface area contributed by atoms with Crippen LogP contribution in [-0.4, -0.2) is 11.2 Å². The third-order valence-corrected chi connectivity index (χ3v) is 2.99. The highest BCUT2D eigenvalue weighted by Gasteiger charge is 2.18. The Hall–Kier alpha value is -0.820. The molecule has 1 nitrogen and oxygen atoms in total. The number of benzene rings is 1. The number of unbranched alkanes of at least 4 members (excludes halogenated alkanes) is 1. The van der Waals surface area contributed by atoms with Gasteiger partial charge in [-0.25, -0.2) is 0 Å². The van der Waals surface area contributed by atoms with E-state index in [0.29, 0.717) is 5.92 Å². The topological polar surface area (TPSA) is 20.2 Å². The molecule has 1 rings (SSSR count). The van der Waals surface area contributed by atoms with Gasteiger partial charge in [-0.15, -0.1) is 0 Å². The average molecular weight is 206 g/mol. The fourth-order valence-corrected chi connectivity index (χ4v) is 2.04. The highest BCUT2D eigenvalue weighted by molar-refractivity contribution is 5.20. The lowest BCUT2D eigenvalue weighted by Crippen LogP contribution is -2.17. The van der Waals surface area contributed by atoms with E-state index >= 15 is 0 Å². The van der Waals surface area contributed by atoms with Gasteiger partial charge in [0.1, 0.15) is 0 Å². The maximum Gasteiger partial charge on any atom is 0.0608 e. The second kappa shape index (κ2) is 6.62. The molecule has 0 aliphatic rings. The molecule has 1 aromatic carbocycles. The summed E-state index contributed by atoms with van der Waals surface area (Å²) >= 11 is 0. The molecule has 0 aliphatic carbocycles. The number of hydrogen-bond donors (Lipinski definition) is 1. The van der Waals surface area contributed by atoms with Crippen molar-refractivity contribution in [2.75, 3.05) is 0 Å². The first kappa shape index (κ1) is 12.3. The van der Waals surface area contributed by atoms with Crippen LogP contribution >= 0.6 is 0 Å². The minimum atomic E-state index is -0.183. The van der Waals surface area contributed by atoms with Gasteiger partial charge in [-0.3, -0.25) is 0 Å². The summed E-state index contributed by atoms with van der Waals surface area (Å²) in [5.74, 6) is 0.303. The Labute approximate surface area is 93.1 Å². The zero-order valence-electron chi connectivity index (χ0n) is 9.82. The van der Waals surface area contributed by atoms with Gasteiger partial charge < -0.3 is 5.11 Å². The Balaban J connectivity index is 2.63. The first-order valence-corrected chi connectivity index (χ1v) is 6.02. The average Bonchev–Trinajstić information content (AvgIpc) is 2.29. The van der Waals surface area contributed by atoms with Crippen molar-refractivity contribution in [1.82, 2.24) is 0 Å². The highest BCUT2D eigenvalue weighted by atomic mass is 16.3. The third kappa shape index (κ3) is 3.67. The summed E-state index contributed by atoms with van der Waals surface area (Å²) in [6.07, 6.45) is 4.02. The Morgan fingerprint density at radius 2 is 1.80 bits per heavy atom. The lowest BCUT2D eigenvalue weighted by molar-refractivity contribution is 0.128. The van der Waals surface area contributed by atoms with Gasteiger partial charge in [-0.05, 0) is 18.4 Å². The maximum absolute atomic E-state index is 10.1. The molecule has 84 valence electrons. The van der Waals surface area contributed by atoms with Gasteiger partial charge in [0.05, 0.1) is 6.10 Å². The summed E-state index contributed by atoms with van der Waals surface area (Å²) in [6, 6.07) is 10.3. The molecular formula is C14H22O. The van der Waals surface area contributed by atoms with Crippen LogP contribution in [0.15, 0.2) is 30.3 Å². The number of rotatable bonds is 6. The maximum atomic E-state index is 10.1. The third-order valence-electron chi connectivity index (χ3n) is 2.99. The van der Waals surface area contributed by atoms with E-state index < -0.39 is 0 Å². The summed E-state index contributed by atoms with van der Waals surface area (Å²) in [5, 5.41) is 10.1. The number of hydrogen-bond acceptors (Lipinski definition) is 1. The molecule has 0 aromatic heterocycles. The zero-order chi connectivity index (χ0) is 11.1. The summed E-state index contributed by atoms with van der Waals surface area (Å²) < 4.78 is 0. The van der Waals surface area contributed by atoms with E-state index in [1.54, 1.807) is 0 Å². The van der Waals surface area contributed by atoms with Gasteiger partial charge >= 0.3 is 0 Å². The normalized spacial score (nSPS) is 14.9. The molecule has 1 heteroatoms. The molecule has 0 spiro atoms. The van der Waals surface area contributed by atoms with Crippen molar-refractivity contribution in [2.45, 2.75) is 51.6 Å². The van der Waals surface area contributed by atoms with Crippen molar-refractivity contribution in [3.05, 3.63) is 35.9 Å². The summed E-state index contributed by atoms with van der Waals surface area (Å²) in [4.78, 5) is 0. The number of aliphatic hydroxyl groups is 1. The predicted molar refractivity (Wildman–Crippen MR) is 65.0 cm³/mol. The van der Waals surface area contributed by atoms with Crippen molar-refractivity contribution >= 4 is 0 Å². The van der Waals surface area contributed by atoms with E-state index in [0.717, 1.165) is 25.7 Å². The van der Waals surface area contributed by atoms with E-state index in [4.69, 9.17) is 0 Å². The predicted octanol–water partition coefficient (Wildman–Crippen LogP) is 3.73. The molecule has 0 bridgehead atoms. The molecule has 2 unspecified atom stereocenters. The second-order valence-corrected chi connectivity index (χ2v) is 4.14. The fourth-order valence-electron chi connectivity index (χ4n) is 2.04. The molecule has 1 aromatic rings. The van der Waals surface area contributed by atoms with Gasteiger partial charge in [-0.2, -0.15) is 0 Å². The Kier molecular flexibility index (Phi) is 5.41. The quantitative estimate of drug-likeness (QED) is 0.752. The molecule has 0 aliphatic heterocycles. The molecule has 15 heavy (non-hydrogen) atoms. The molecule has 0 radical (unpaired) electrons. The van der Waals surface area contributed by atoms with Crippen LogP contribution in [0.2, 0.25) is 0 Å². The van der Waals surface area contributed by atoms with E-state index in [1.807, 2.05) is 18.2 Å². The molecule has 0 fully saturated rings. The van der Waals surface area contributed by atoms with E-state index in [-0.39, 0.29) is 6.10 Å². The molecule has 0 amide bonds. The summed E-state index contributed by atoms with van der Waals surface area (Å²) in [5.41, 5.74) is 1.27. The van der Waals surface area contributed by atoms with Crippen LogP contribution in [0.1, 0.15) is 51.0 Å². The van der Waals surface area contributed by atoms with Crippen molar-refractivity contribution < 1.29 is 5.11 Å². The van der Waals surface area contributed by atoms with E-state index in [2.05, 4.69) is 26.0 Å². The molecule has 0 heterocycles.